The lowest BCUT2D eigenvalue weighted by atomic mass is 10.2. The number of carbonyl (C=O) groups excluding carboxylic acids is 2. The summed E-state index contributed by atoms with van der Waals surface area (Å²) in [4.78, 5) is 22.7. The molecule has 0 saturated heterocycles. The molecule has 1 atom stereocenters. The van der Waals surface area contributed by atoms with Crippen LogP contribution in [0.15, 0.2) is 12.7 Å². The highest BCUT2D eigenvalue weighted by atomic mass is 32.2. The molecule has 2 N–H and O–H groups in total. The second kappa shape index (κ2) is 8.56. The first-order valence-electron chi connectivity index (χ1n) is 6.55. The number of alkyl halides is 8. The van der Waals surface area contributed by atoms with Crippen LogP contribution < -0.4 is 5.32 Å². The maximum absolute atomic E-state index is 13.3. The third-order valence-electron chi connectivity index (χ3n) is 2.61. The first-order valence-corrected chi connectivity index (χ1v) is 7.99. The molecule has 28 heavy (non-hydrogen) atoms. The lowest BCUT2D eigenvalue weighted by Gasteiger charge is -2.33. The van der Waals surface area contributed by atoms with Crippen molar-refractivity contribution in [2.45, 2.75) is 29.8 Å². The Hall–Kier alpha value is -2.01. The minimum Gasteiger partial charge on any atom is -0.412 e. The molecule has 0 rings (SSSR count). The minimum absolute atomic E-state index is 0.0493. The van der Waals surface area contributed by atoms with Crippen molar-refractivity contribution < 1.29 is 67.2 Å². The lowest BCUT2D eigenvalue weighted by molar-refractivity contribution is -0.348. The average Bonchev–Trinajstić information content (AvgIpc) is 2.48. The van der Waals surface area contributed by atoms with Crippen molar-refractivity contribution in [2.24, 2.45) is 0 Å². The normalized spacial score (nSPS) is 15.5. The van der Waals surface area contributed by atoms with Gasteiger partial charge in [-0.05, 0) is 0 Å². The van der Waals surface area contributed by atoms with Gasteiger partial charge in [0.2, 0.25) is 0 Å². The van der Waals surface area contributed by atoms with Crippen molar-refractivity contribution in [2.75, 3.05) is 13.2 Å². The fourth-order valence-corrected chi connectivity index (χ4v) is 1.67. The Bertz CT molecular complexity index is 703. The maximum Gasteiger partial charge on any atom is 0.466 e. The summed E-state index contributed by atoms with van der Waals surface area (Å²) < 4.78 is 139. The van der Waals surface area contributed by atoms with Gasteiger partial charge in [-0.15, -0.1) is 0 Å². The van der Waals surface area contributed by atoms with E-state index in [2.05, 4.69) is 16.1 Å². The van der Waals surface area contributed by atoms with Gasteiger partial charge in [0.05, 0.1) is 13.0 Å². The number of hydrogen-bond donors (Lipinski definition) is 2. The quantitative estimate of drug-likeness (QED) is 0.179. The van der Waals surface area contributed by atoms with Gasteiger partial charge in [0.1, 0.15) is 6.54 Å². The van der Waals surface area contributed by atoms with Gasteiger partial charge in [-0.25, -0.2) is 4.79 Å². The molecule has 1 unspecified atom stereocenters. The van der Waals surface area contributed by atoms with Crippen molar-refractivity contribution >= 4 is 22.0 Å². The Labute approximate surface area is 151 Å². The molecular formula is C11H11F8NO7S. The summed E-state index contributed by atoms with van der Waals surface area (Å²) in [7, 11) is -6.10. The van der Waals surface area contributed by atoms with Gasteiger partial charge >= 0.3 is 45.4 Å². The first kappa shape index (κ1) is 26.0. The zero-order valence-electron chi connectivity index (χ0n) is 13.2. The van der Waals surface area contributed by atoms with Crippen LogP contribution in [0.1, 0.15) is 6.42 Å². The van der Waals surface area contributed by atoms with E-state index in [0.29, 0.717) is 5.32 Å². The summed E-state index contributed by atoms with van der Waals surface area (Å²) in [5.74, 6) is -9.64. The molecule has 0 aromatic carbocycles. The molecule has 0 heterocycles. The molecule has 0 saturated carbocycles. The minimum atomic E-state index is -6.10. The van der Waals surface area contributed by atoms with Crippen LogP contribution >= 0.6 is 0 Å². The van der Waals surface area contributed by atoms with Crippen LogP contribution in [0.4, 0.5) is 35.1 Å². The van der Waals surface area contributed by atoms with Crippen LogP contribution in [0, 0.1) is 0 Å². The summed E-state index contributed by atoms with van der Waals surface area (Å²) in [6.45, 7) is -1.67. The third kappa shape index (κ3) is 6.86. The van der Waals surface area contributed by atoms with Gasteiger partial charge in [-0.1, -0.05) is 6.58 Å². The molecule has 1 amide bonds. The van der Waals surface area contributed by atoms with E-state index in [1.54, 1.807) is 0 Å². The molecule has 164 valence electrons. The average molecular weight is 453 g/mol. The van der Waals surface area contributed by atoms with Crippen molar-refractivity contribution in [1.82, 2.24) is 5.32 Å². The van der Waals surface area contributed by atoms with Gasteiger partial charge in [0.15, 0.2) is 0 Å². The molecule has 0 spiro atoms. The molecule has 0 aliphatic heterocycles. The fraction of sp³-hybridized carbons (Fsp3) is 0.636. The smallest absolute Gasteiger partial charge is 0.412 e. The molecule has 0 radical (unpaired) electrons. The summed E-state index contributed by atoms with van der Waals surface area (Å²) in [6.07, 6.45) is -13.4. The van der Waals surface area contributed by atoms with Crippen LogP contribution in [0.2, 0.25) is 0 Å². The Morgan fingerprint density at radius 3 is 1.93 bits per heavy atom. The maximum atomic E-state index is 13.3. The van der Waals surface area contributed by atoms with Gasteiger partial charge in [0.25, 0.3) is 0 Å². The Balaban J connectivity index is 5.83. The van der Waals surface area contributed by atoms with Gasteiger partial charge in [-0.3, -0.25) is 9.35 Å². The van der Waals surface area contributed by atoms with Gasteiger partial charge in [0, 0.05) is 6.08 Å². The number of ether oxygens (including phenoxy) is 2. The van der Waals surface area contributed by atoms with Crippen LogP contribution in [0.5, 0.6) is 0 Å². The molecule has 0 aromatic rings. The standard InChI is InChI=1S/C11H11F8NO7S/c1-2-6(21)27-10(11(17,18)19,7(22)20-5-8(12,13)14)26-4-3-9(15,16)28(23,24)25/h2H,1,3-5H2,(H,20,22)(H,23,24,25). The monoisotopic (exact) mass is 453 g/mol. The van der Waals surface area contributed by atoms with Crippen molar-refractivity contribution in [3.63, 3.8) is 0 Å². The number of amides is 1. The molecule has 0 fully saturated rings. The summed E-state index contributed by atoms with van der Waals surface area (Å²) in [5, 5.41) is -4.34. The van der Waals surface area contributed by atoms with Crippen LogP contribution in [0.25, 0.3) is 0 Å². The fourth-order valence-electron chi connectivity index (χ4n) is 1.33. The second-order valence-electron chi connectivity index (χ2n) is 4.75. The highest BCUT2D eigenvalue weighted by molar-refractivity contribution is 7.86. The second-order valence-corrected chi connectivity index (χ2v) is 6.30. The summed E-state index contributed by atoms with van der Waals surface area (Å²) in [5.41, 5.74) is 0. The van der Waals surface area contributed by atoms with Gasteiger partial charge < -0.3 is 14.8 Å². The molecule has 0 bridgehead atoms. The van der Waals surface area contributed by atoms with Crippen LogP contribution in [-0.4, -0.2) is 61.4 Å². The molecular weight excluding hydrogens is 442 g/mol. The molecule has 0 aliphatic rings. The van der Waals surface area contributed by atoms with E-state index in [9.17, 15) is 53.1 Å². The predicted molar refractivity (Wildman–Crippen MR) is 71.2 cm³/mol. The Kier molecular flexibility index (Phi) is 7.95. The van der Waals surface area contributed by atoms with Crippen LogP contribution in [0.3, 0.4) is 0 Å². The Morgan fingerprint density at radius 2 is 1.57 bits per heavy atom. The van der Waals surface area contributed by atoms with Crippen molar-refractivity contribution in [3.8, 4) is 0 Å². The van der Waals surface area contributed by atoms with E-state index in [-0.39, 0.29) is 6.08 Å². The third-order valence-corrected chi connectivity index (χ3v) is 3.57. The highest BCUT2D eigenvalue weighted by Crippen LogP contribution is 2.37. The number of esters is 1. The van der Waals surface area contributed by atoms with Crippen LogP contribution in [-0.2, 0) is 29.2 Å². The van der Waals surface area contributed by atoms with E-state index in [1.807, 2.05) is 0 Å². The largest absolute Gasteiger partial charge is 0.466 e. The lowest BCUT2D eigenvalue weighted by Crippen LogP contribution is -2.62. The topological polar surface area (TPSA) is 119 Å². The SMILES string of the molecule is C=CC(=O)OC(OCCC(F)(F)S(=O)(=O)O)(C(=O)NCC(F)(F)F)C(F)(F)F. The van der Waals surface area contributed by atoms with Crippen molar-refractivity contribution in [3.05, 3.63) is 12.7 Å². The summed E-state index contributed by atoms with van der Waals surface area (Å²) in [6, 6.07) is 0. The van der Waals surface area contributed by atoms with Crippen molar-refractivity contribution in [1.29, 1.82) is 0 Å². The van der Waals surface area contributed by atoms with E-state index in [4.69, 9.17) is 4.55 Å². The number of hydrogen-bond acceptors (Lipinski definition) is 6. The highest BCUT2D eigenvalue weighted by Gasteiger charge is 2.66. The number of nitrogens with one attached hydrogen (secondary N) is 1. The molecule has 17 heteroatoms. The zero-order chi connectivity index (χ0) is 22.6. The predicted octanol–water partition coefficient (Wildman–Crippen LogP) is 1.54. The van der Waals surface area contributed by atoms with E-state index >= 15 is 0 Å². The first-order chi connectivity index (χ1) is 12.3. The van der Waals surface area contributed by atoms with Gasteiger partial charge in [-0.2, -0.15) is 43.5 Å². The number of rotatable bonds is 9. The number of carbonyl (C=O) groups is 2. The zero-order valence-corrected chi connectivity index (χ0v) is 14.1. The Morgan fingerprint density at radius 1 is 1.07 bits per heavy atom. The van der Waals surface area contributed by atoms with E-state index < -0.39 is 65.0 Å². The number of halogens is 8. The summed E-state index contributed by atoms with van der Waals surface area (Å²) >= 11 is 0. The molecule has 0 aromatic heterocycles. The van der Waals surface area contributed by atoms with E-state index in [1.165, 1.54) is 0 Å². The molecule has 8 nitrogen and oxygen atoms in total. The molecule has 0 aliphatic carbocycles. The van der Waals surface area contributed by atoms with E-state index in [0.717, 1.165) is 0 Å².